The van der Waals surface area contributed by atoms with Crippen molar-refractivity contribution >= 4 is 28.0 Å². The summed E-state index contributed by atoms with van der Waals surface area (Å²) in [5.74, 6) is 1.47. The maximum Gasteiger partial charge on any atom is 0.229 e. The molecule has 0 spiro atoms. The molecule has 4 aromatic heterocycles. The predicted octanol–water partition coefficient (Wildman–Crippen LogP) is 4.78. The lowest BCUT2D eigenvalue weighted by atomic mass is 9.88. The van der Waals surface area contributed by atoms with E-state index in [-0.39, 0.29) is 5.60 Å². The number of nitrogens with zero attached hydrogens (tertiary/aromatic N) is 3. The van der Waals surface area contributed by atoms with Crippen molar-refractivity contribution in [1.29, 1.82) is 0 Å². The zero-order valence-electron chi connectivity index (χ0n) is 16.9. The van der Waals surface area contributed by atoms with E-state index in [0.717, 1.165) is 41.6 Å². The molecule has 7 heteroatoms. The minimum Gasteiger partial charge on any atom is -0.467 e. The van der Waals surface area contributed by atoms with Gasteiger partial charge in [0.2, 0.25) is 5.71 Å². The standard InChI is InChI=1S/C22H24N4O3/c1-4-6-16-15-11-28-22(2,3)9-14(15)17-18-19(29-21(17)26-16)20(25-12-24-18)23-10-13-7-5-8-27-13/h5,7-8,12H,4,6,9-11H2,1-3H3,(H,23,24,25). The van der Waals surface area contributed by atoms with E-state index in [2.05, 4.69) is 36.1 Å². The molecular formula is C22H24N4O3. The number of pyridine rings is 1. The summed E-state index contributed by atoms with van der Waals surface area (Å²) in [7, 11) is 0. The monoisotopic (exact) mass is 392 g/mol. The van der Waals surface area contributed by atoms with Crippen molar-refractivity contribution in [3.63, 3.8) is 0 Å². The SMILES string of the molecule is CCCc1nc2oc3c(NCc4ccco4)ncnc3c2c2c1COC(C)(C)C2. The average Bonchev–Trinajstić information content (AvgIpc) is 3.33. The first-order valence-corrected chi connectivity index (χ1v) is 10.0. The van der Waals surface area contributed by atoms with Crippen LogP contribution < -0.4 is 5.32 Å². The smallest absolute Gasteiger partial charge is 0.229 e. The molecule has 5 heterocycles. The van der Waals surface area contributed by atoms with Crippen molar-refractivity contribution in [1.82, 2.24) is 15.0 Å². The van der Waals surface area contributed by atoms with Crippen LogP contribution in [0.2, 0.25) is 0 Å². The molecule has 0 aromatic carbocycles. The predicted molar refractivity (Wildman–Crippen MR) is 110 cm³/mol. The molecule has 0 saturated heterocycles. The molecule has 1 aliphatic rings. The number of aromatic nitrogens is 3. The molecule has 29 heavy (non-hydrogen) atoms. The van der Waals surface area contributed by atoms with Gasteiger partial charge in [-0.1, -0.05) is 13.3 Å². The molecule has 0 aliphatic carbocycles. The highest BCUT2D eigenvalue weighted by Gasteiger charge is 2.32. The lowest BCUT2D eigenvalue weighted by Gasteiger charge is -2.33. The Balaban J connectivity index is 1.68. The van der Waals surface area contributed by atoms with Gasteiger partial charge in [0.15, 0.2) is 11.4 Å². The summed E-state index contributed by atoms with van der Waals surface area (Å²) in [6, 6.07) is 3.78. The molecule has 0 bridgehead atoms. The van der Waals surface area contributed by atoms with Gasteiger partial charge < -0.3 is 18.9 Å². The fraction of sp³-hybridized carbons (Fsp3) is 0.409. The second kappa shape index (κ2) is 6.84. The number of furan rings is 2. The van der Waals surface area contributed by atoms with Crippen LogP contribution in [-0.4, -0.2) is 20.6 Å². The van der Waals surface area contributed by atoms with Crippen LogP contribution in [0, 0.1) is 0 Å². The largest absolute Gasteiger partial charge is 0.467 e. The quantitative estimate of drug-likeness (QED) is 0.523. The third kappa shape index (κ3) is 3.15. The van der Waals surface area contributed by atoms with Crippen LogP contribution in [0.3, 0.4) is 0 Å². The van der Waals surface area contributed by atoms with Crippen molar-refractivity contribution in [3.8, 4) is 0 Å². The minimum atomic E-state index is -0.234. The van der Waals surface area contributed by atoms with Gasteiger partial charge in [-0.15, -0.1) is 0 Å². The number of rotatable bonds is 5. The van der Waals surface area contributed by atoms with E-state index in [9.17, 15) is 0 Å². The van der Waals surface area contributed by atoms with Crippen molar-refractivity contribution in [3.05, 3.63) is 47.3 Å². The summed E-state index contributed by atoms with van der Waals surface area (Å²) < 4.78 is 17.7. The van der Waals surface area contributed by atoms with Crippen molar-refractivity contribution < 1.29 is 13.6 Å². The topological polar surface area (TPSA) is 86.2 Å². The first-order valence-electron chi connectivity index (χ1n) is 10.0. The summed E-state index contributed by atoms with van der Waals surface area (Å²) in [5, 5.41) is 4.28. The third-order valence-electron chi connectivity index (χ3n) is 5.41. The zero-order chi connectivity index (χ0) is 20.0. The number of ether oxygens (including phenoxy) is 1. The summed E-state index contributed by atoms with van der Waals surface area (Å²) in [6.45, 7) is 7.49. The molecule has 150 valence electrons. The van der Waals surface area contributed by atoms with Crippen LogP contribution in [-0.2, 0) is 30.7 Å². The van der Waals surface area contributed by atoms with E-state index in [1.165, 1.54) is 11.1 Å². The van der Waals surface area contributed by atoms with Crippen LogP contribution in [0.25, 0.3) is 22.2 Å². The molecular weight excluding hydrogens is 368 g/mol. The number of fused-ring (bicyclic) bond motifs is 5. The Hall–Kier alpha value is -2.93. The van der Waals surface area contributed by atoms with Gasteiger partial charge >= 0.3 is 0 Å². The minimum absolute atomic E-state index is 0.234. The van der Waals surface area contributed by atoms with Crippen LogP contribution >= 0.6 is 0 Å². The normalized spacial score (nSPS) is 15.7. The highest BCUT2D eigenvalue weighted by Crippen LogP contribution is 2.39. The number of hydrogen-bond acceptors (Lipinski definition) is 7. The molecule has 0 amide bonds. The van der Waals surface area contributed by atoms with Crippen molar-refractivity contribution in [2.45, 2.75) is 58.8 Å². The summed E-state index contributed by atoms with van der Waals surface area (Å²) in [4.78, 5) is 13.8. The molecule has 1 aliphatic heterocycles. The van der Waals surface area contributed by atoms with Gasteiger partial charge in [0, 0.05) is 12.0 Å². The lowest BCUT2D eigenvalue weighted by molar-refractivity contribution is -0.0401. The third-order valence-corrected chi connectivity index (χ3v) is 5.41. The maximum absolute atomic E-state index is 6.20. The van der Waals surface area contributed by atoms with Gasteiger partial charge in [-0.25, -0.2) is 15.0 Å². The average molecular weight is 392 g/mol. The van der Waals surface area contributed by atoms with Gasteiger partial charge in [0.05, 0.1) is 36.1 Å². The van der Waals surface area contributed by atoms with Gasteiger partial charge in [0.1, 0.15) is 17.6 Å². The number of hydrogen-bond donors (Lipinski definition) is 1. The van der Waals surface area contributed by atoms with E-state index in [1.54, 1.807) is 12.6 Å². The number of anilines is 1. The molecule has 0 fully saturated rings. The second-order valence-electron chi connectivity index (χ2n) is 8.11. The molecule has 0 atom stereocenters. The Kier molecular flexibility index (Phi) is 4.28. The first-order chi connectivity index (χ1) is 14.1. The van der Waals surface area contributed by atoms with Crippen molar-refractivity contribution in [2.24, 2.45) is 0 Å². The Labute approximate surface area is 168 Å². The highest BCUT2D eigenvalue weighted by molar-refractivity contribution is 6.06. The van der Waals surface area contributed by atoms with Gasteiger partial charge in [-0.2, -0.15) is 0 Å². The zero-order valence-corrected chi connectivity index (χ0v) is 16.9. The maximum atomic E-state index is 6.20. The van der Waals surface area contributed by atoms with Crippen LogP contribution in [0.4, 0.5) is 5.82 Å². The van der Waals surface area contributed by atoms with E-state index >= 15 is 0 Å². The number of aryl methyl sites for hydroxylation is 1. The fourth-order valence-electron chi connectivity index (χ4n) is 4.03. The molecule has 4 aromatic rings. The Morgan fingerprint density at radius 1 is 1.21 bits per heavy atom. The Bertz CT molecular complexity index is 1180. The Morgan fingerprint density at radius 2 is 2.10 bits per heavy atom. The molecule has 1 N–H and O–H groups in total. The van der Waals surface area contributed by atoms with Crippen molar-refractivity contribution in [2.75, 3.05) is 5.32 Å². The Morgan fingerprint density at radius 3 is 2.90 bits per heavy atom. The molecule has 5 rings (SSSR count). The van der Waals surface area contributed by atoms with Gasteiger partial charge in [0.25, 0.3) is 0 Å². The van der Waals surface area contributed by atoms with E-state index in [1.807, 2.05) is 12.1 Å². The molecule has 7 nitrogen and oxygen atoms in total. The van der Waals surface area contributed by atoms with Gasteiger partial charge in [-0.3, -0.25) is 0 Å². The van der Waals surface area contributed by atoms with E-state index in [4.69, 9.17) is 18.6 Å². The van der Waals surface area contributed by atoms with E-state index in [0.29, 0.717) is 30.3 Å². The lowest BCUT2D eigenvalue weighted by Crippen LogP contribution is -2.32. The van der Waals surface area contributed by atoms with E-state index < -0.39 is 0 Å². The molecule has 0 unspecified atom stereocenters. The molecule has 0 radical (unpaired) electrons. The summed E-state index contributed by atoms with van der Waals surface area (Å²) >= 11 is 0. The summed E-state index contributed by atoms with van der Waals surface area (Å²) in [5.41, 5.74) is 5.29. The first kappa shape index (κ1) is 18.1. The summed E-state index contributed by atoms with van der Waals surface area (Å²) in [6.07, 6.45) is 5.94. The number of nitrogens with one attached hydrogen (secondary N) is 1. The van der Waals surface area contributed by atoms with Gasteiger partial charge in [-0.05, 0) is 38.0 Å². The highest BCUT2D eigenvalue weighted by atomic mass is 16.5. The second-order valence-corrected chi connectivity index (χ2v) is 8.11. The van der Waals surface area contributed by atoms with Crippen LogP contribution in [0.5, 0.6) is 0 Å². The fourth-order valence-corrected chi connectivity index (χ4v) is 4.03. The van der Waals surface area contributed by atoms with Crippen LogP contribution in [0.15, 0.2) is 33.6 Å². The molecule has 0 saturated carbocycles. The van der Waals surface area contributed by atoms with Crippen LogP contribution in [0.1, 0.15) is 49.8 Å².